The van der Waals surface area contributed by atoms with Gasteiger partial charge < -0.3 is 5.32 Å². The highest BCUT2D eigenvalue weighted by Gasteiger charge is 2.15. The summed E-state index contributed by atoms with van der Waals surface area (Å²) in [6, 6.07) is 20.8. The van der Waals surface area contributed by atoms with Crippen LogP contribution in [0.1, 0.15) is 10.4 Å². The minimum absolute atomic E-state index is 0.0834. The molecule has 1 amide bonds. The van der Waals surface area contributed by atoms with E-state index in [-0.39, 0.29) is 16.4 Å². The second-order valence-electron chi connectivity index (χ2n) is 6.25. The van der Waals surface area contributed by atoms with Gasteiger partial charge in [-0.3, -0.25) is 20.2 Å². The number of aromatic nitrogens is 1. The smallest absolute Gasteiger partial charge is 0.270 e. The van der Waals surface area contributed by atoms with Gasteiger partial charge in [-0.2, -0.15) is 0 Å². The van der Waals surface area contributed by atoms with Crippen molar-refractivity contribution in [3.63, 3.8) is 0 Å². The van der Waals surface area contributed by atoms with Crippen LogP contribution in [-0.4, -0.2) is 20.9 Å². The van der Waals surface area contributed by atoms with Crippen molar-refractivity contribution in [2.75, 3.05) is 5.32 Å². The van der Waals surface area contributed by atoms with Gasteiger partial charge in [0.1, 0.15) is 5.01 Å². The molecule has 0 radical (unpaired) electrons. The first-order valence-electron chi connectivity index (χ1n) is 8.83. The standard InChI is InChI=1S/C21H14N4O3S2/c26-19(13-6-5-7-14(12-13)25(27)28)24-21(29)23-16-9-2-1-8-15(16)20-22-17-10-3-4-11-18(17)30-20/h1-12H,(H2,23,24,26,29). The Morgan fingerprint density at radius 3 is 2.60 bits per heavy atom. The van der Waals surface area contributed by atoms with Crippen LogP contribution in [0.4, 0.5) is 11.4 Å². The lowest BCUT2D eigenvalue weighted by Crippen LogP contribution is -2.34. The number of amides is 1. The van der Waals surface area contributed by atoms with Gasteiger partial charge in [0.05, 0.1) is 20.8 Å². The number of carbonyl (C=O) groups excluding carboxylic acids is 1. The van der Waals surface area contributed by atoms with E-state index in [4.69, 9.17) is 12.2 Å². The van der Waals surface area contributed by atoms with Gasteiger partial charge in [-0.1, -0.05) is 30.3 Å². The highest BCUT2D eigenvalue weighted by atomic mass is 32.1. The first-order valence-corrected chi connectivity index (χ1v) is 10.1. The van der Waals surface area contributed by atoms with Crippen molar-refractivity contribution in [3.8, 4) is 10.6 Å². The number of thiazole rings is 1. The predicted molar refractivity (Wildman–Crippen MR) is 122 cm³/mol. The molecule has 30 heavy (non-hydrogen) atoms. The van der Waals surface area contributed by atoms with E-state index in [1.807, 2.05) is 48.5 Å². The Kier molecular flexibility index (Phi) is 5.46. The maximum atomic E-state index is 12.4. The fraction of sp³-hybridized carbons (Fsp3) is 0. The lowest BCUT2D eigenvalue weighted by molar-refractivity contribution is -0.384. The quantitative estimate of drug-likeness (QED) is 0.267. The first kappa shape index (κ1) is 19.6. The number of benzene rings is 3. The topological polar surface area (TPSA) is 97.2 Å². The Balaban J connectivity index is 1.53. The number of nitrogens with zero attached hydrogens (tertiary/aromatic N) is 2. The molecule has 0 saturated carbocycles. The summed E-state index contributed by atoms with van der Waals surface area (Å²) in [6.45, 7) is 0. The number of fused-ring (bicyclic) bond motifs is 1. The molecular weight excluding hydrogens is 420 g/mol. The zero-order valence-corrected chi connectivity index (χ0v) is 17.0. The van der Waals surface area contributed by atoms with Crippen molar-refractivity contribution in [3.05, 3.63) is 88.5 Å². The van der Waals surface area contributed by atoms with E-state index in [0.29, 0.717) is 5.69 Å². The molecule has 0 saturated heterocycles. The Labute approximate surface area is 180 Å². The average Bonchev–Trinajstić information content (AvgIpc) is 3.18. The van der Waals surface area contributed by atoms with Crippen molar-refractivity contribution in [1.29, 1.82) is 0 Å². The van der Waals surface area contributed by atoms with Crippen LogP contribution >= 0.6 is 23.6 Å². The zero-order chi connectivity index (χ0) is 21.1. The SMILES string of the molecule is O=C(NC(=S)Nc1ccccc1-c1nc2ccccc2s1)c1cccc([N+](=O)[O-])c1. The summed E-state index contributed by atoms with van der Waals surface area (Å²) in [5.41, 5.74) is 2.44. The van der Waals surface area contributed by atoms with E-state index in [1.54, 1.807) is 11.3 Å². The second-order valence-corrected chi connectivity index (χ2v) is 7.69. The van der Waals surface area contributed by atoms with E-state index in [2.05, 4.69) is 15.6 Å². The zero-order valence-electron chi connectivity index (χ0n) is 15.4. The number of rotatable bonds is 4. The van der Waals surface area contributed by atoms with Gasteiger partial charge in [0.25, 0.3) is 11.6 Å². The molecule has 2 N–H and O–H groups in total. The summed E-state index contributed by atoms with van der Waals surface area (Å²) in [6.07, 6.45) is 0. The lowest BCUT2D eigenvalue weighted by Gasteiger charge is -2.12. The Morgan fingerprint density at radius 1 is 1.03 bits per heavy atom. The number of nitrogens with one attached hydrogen (secondary N) is 2. The number of hydrogen-bond donors (Lipinski definition) is 2. The third kappa shape index (κ3) is 4.17. The third-order valence-corrected chi connectivity index (χ3v) is 5.52. The maximum Gasteiger partial charge on any atom is 0.270 e. The van der Waals surface area contributed by atoms with Crippen LogP contribution in [0.3, 0.4) is 0 Å². The highest BCUT2D eigenvalue weighted by Crippen LogP contribution is 2.34. The summed E-state index contributed by atoms with van der Waals surface area (Å²) in [7, 11) is 0. The van der Waals surface area contributed by atoms with Gasteiger partial charge in [-0.15, -0.1) is 11.3 Å². The van der Waals surface area contributed by atoms with Crippen molar-refractivity contribution in [1.82, 2.24) is 10.3 Å². The highest BCUT2D eigenvalue weighted by molar-refractivity contribution is 7.80. The van der Waals surface area contributed by atoms with E-state index >= 15 is 0 Å². The number of para-hydroxylation sites is 2. The minimum Gasteiger partial charge on any atom is -0.332 e. The van der Waals surface area contributed by atoms with Gasteiger partial charge in [0.2, 0.25) is 0 Å². The molecule has 9 heteroatoms. The van der Waals surface area contributed by atoms with Crippen LogP contribution in [-0.2, 0) is 0 Å². The van der Waals surface area contributed by atoms with E-state index in [9.17, 15) is 14.9 Å². The molecule has 0 unspecified atom stereocenters. The summed E-state index contributed by atoms with van der Waals surface area (Å²) in [4.78, 5) is 27.4. The molecule has 1 aromatic heterocycles. The number of carbonyl (C=O) groups is 1. The number of non-ortho nitro benzene ring substituents is 1. The summed E-state index contributed by atoms with van der Waals surface area (Å²) in [5, 5.41) is 17.4. The third-order valence-electron chi connectivity index (χ3n) is 4.25. The molecular formula is C21H14N4O3S2. The molecule has 7 nitrogen and oxygen atoms in total. The molecule has 0 aliphatic rings. The molecule has 1 heterocycles. The molecule has 0 fully saturated rings. The molecule has 3 aromatic carbocycles. The number of nitro benzene ring substituents is 1. The minimum atomic E-state index is -0.554. The van der Waals surface area contributed by atoms with Crippen molar-refractivity contribution >= 4 is 56.2 Å². The summed E-state index contributed by atoms with van der Waals surface area (Å²) in [5.74, 6) is -0.534. The van der Waals surface area contributed by atoms with Crippen molar-refractivity contribution < 1.29 is 9.72 Å². The number of hydrogen-bond acceptors (Lipinski definition) is 6. The number of nitro groups is 1. The Morgan fingerprint density at radius 2 is 1.80 bits per heavy atom. The summed E-state index contributed by atoms with van der Waals surface area (Å²) < 4.78 is 1.07. The molecule has 4 rings (SSSR count). The second kappa shape index (κ2) is 8.36. The van der Waals surface area contributed by atoms with Crippen LogP contribution in [0, 0.1) is 10.1 Å². The number of anilines is 1. The van der Waals surface area contributed by atoms with Crippen LogP contribution in [0.25, 0.3) is 20.8 Å². The van der Waals surface area contributed by atoms with Gasteiger partial charge in [0.15, 0.2) is 5.11 Å². The monoisotopic (exact) mass is 434 g/mol. The Bertz CT molecular complexity index is 1250. The van der Waals surface area contributed by atoms with E-state index in [1.165, 1.54) is 24.3 Å². The van der Waals surface area contributed by atoms with Crippen LogP contribution in [0.15, 0.2) is 72.8 Å². The lowest BCUT2D eigenvalue weighted by atomic mass is 10.2. The van der Waals surface area contributed by atoms with Gasteiger partial charge in [-0.25, -0.2) is 4.98 Å². The molecule has 148 valence electrons. The number of thiocarbonyl (C=S) groups is 1. The van der Waals surface area contributed by atoms with Gasteiger partial charge in [-0.05, 0) is 42.5 Å². The fourth-order valence-corrected chi connectivity index (χ4v) is 4.06. The molecule has 0 bridgehead atoms. The molecule has 0 atom stereocenters. The van der Waals surface area contributed by atoms with Crippen molar-refractivity contribution in [2.45, 2.75) is 0 Å². The largest absolute Gasteiger partial charge is 0.332 e. The van der Waals surface area contributed by atoms with Crippen LogP contribution < -0.4 is 10.6 Å². The van der Waals surface area contributed by atoms with E-state index < -0.39 is 10.8 Å². The molecule has 4 aromatic rings. The maximum absolute atomic E-state index is 12.4. The molecule has 0 spiro atoms. The van der Waals surface area contributed by atoms with Gasteiger partial charge in [0, 0.05) is 23.3 Å². The molecule has 0 aliphatic carbocycles. The van der Waals surface area contributed by atoms with Crippen LogP contribution in [0.5, 0.6) is 0 Å². The average molecular weight is 435 g/mol. The van der Waals surface area contributed by atoms with E-state index in [0.717, 1.165) is 20.8 Å². The van der Waals surface area contributed by atoms with Crippen LogP contribution in [0.2, 0.25) is 0 Å². The Hall–Kier alpha value is -3.69. The molecule has 0 aliphatic heterocycles. The normalized spacial score (nSPS) is 10.5. The summed E-state index contributed by atoms with van der Waals surface area (Å²) >= 11 is 6.84. The predicted octanol–water partition coefficient (Wildman–Crippen LogP) is 5.00. The van der Waals surface area contributed by atoms with Crippen molar-refractivity contribution in [2.24, 2.45) is 0 Å². The first-order chi connectivity index (χ1) is 14.5. The van der Waals surface area contributed by atoms with Gasteiger partial charge >= 0.3 is 0 Å². The fourth-order valence-electron chi connectivity index (χ4n) is 2.86.